The number of quaternary nitrogens is 1. The molecule has 1 amide bonds. The van der Waals surface area contributed by atoms with Crippen molar-refractivity contribution < 1.29 is 24.3 Å². The third-order valence-electron chi connectivity index (χ3n) is 4.85. The van der Waals surface area contributed by atoms with Gasteiger partial charge >= 0.3 is 0 Å². The fourth-order valence-electron chi connectivity index (χ4n) is 3.51. The summed E-state index contributed by atoms with van der Waals surface area (Å²) in [4.78, 5) is 29.4. The van der Waals surface area contributed by atoms with Crippen LogP contribution >= 0.6 is 11.3 Å². The molecule has 1 saturated heterocycles. The smallest absolute Gasteiger partial charge is 0.295 e. The summed E-state index contributed by atoms with van der Waals surface area (Å²) in [6, 6.07) is 10.2. The van der Waals surface area contributed by atoms with Gasteiger partial charge in [0.05, 0.1) is 38.9 Å². The van der Waals surface area contributed by atoms with Crippen LogP contribution in [0.25, 0.3) is 5.76 Å². The van der Waals surface area contributed by atoms with Crippen molar-refractivity contribution in [2.75, 3.05) is 33.8 Å². The Labute approximate surface area is 175 Å². The predicted octanol–water partition coefficient (Wildman–Crippen LogP) is 2.10. The zero-order chi connectivity index (χ0) is 21.0. The second-order valence-electron chi connectivity index (χ2n) is 7.28. The highest BCUT2D eigenvalue weighted by molar-refractivity contribution is 7.10. The highest BCUT2D eigenvalue weighted by Crippen LogP contribution is 2.41. The summed E-state index contributed by atoms with van der Waals surface area (Å²) in [5.74, 6) is -0.754. The van der Waals surface area contributed by atoms with E-state index in [-0.39, 0.29) is 11.3 Å². The van der Waals surface area contributed by atoms with Crippen LogP contribution in [0.3, 0.4) is 0 Å². The first-order valence-corrected chi connectivity index (χ1v) is 10.7. The van der Waals surface area contributed by atoms with E-state index in [0.717, 1.165) is 17.8 Å². The fourth-order valence-corrected chi connectivity index (χ4v) is 4.36. The summed E-state index contributed by atoms with van der Waals surface area (Å²) in [6.45, 7) is 3.73. The second-order valence-corrected chi connectivity index (χ2v) is 8.26. The van der Waals surface area contributed by atoms with Gasteiger partial charge in [-0.25, -0.2) is 0 Å². The lowest BCUT2D eigenvalue weighted by atomic mass is 9.99. The van der Waals surface area contributed by atoms with Gasteiger partial charge in [0.25, 0.3) is 11.7 Å². The molecule has 0 saturated carbocycles. The molecule has 0 unspecified atom stereocenters. The van der Waals surface area contributed by atoms with Crippen LogP contribution in [0.4, 0.5) is 0 Å². The maximum absolute atomic E-state index is 12.9. The van der Waals surface area contributed by atoms with Crippen molar-refractivity contribution in [3.8, 4) is 5.75 Å². The van der Waals surface area contributed by atoms with Gasteiger partial charge in [-0.3, -0.25) is 9.59 Å². The van der Waals surface area contributed by atoms with E-state index < -0.39 is 17.7 Å². The summed E-state index contributed by atoms with van der Waals surface area (Å²) < 4.78 is 5.51. The number of carbonyl (C=O) groups excluding carboxylic acids is 2. The minimum Gasteiger partial charge on any atom is -0.507 e. The van der Waals surface area contributed by atoms with Gasteiger partial charge in [0, 0.05) is 23.4 Å². The molecule has 1 aromatic carbocycles. The lowest BCUT2D eigenvalue weighted by Crippen LogP contribution is -3.05. The number of aliphatic hydroxyl groups excluding tert-OH is 1. The van der Waals surface area contributed by atoms with E-state index in [1.165, 1.54) is 16.2 Å². The highest BCUT2D eigenvalue weighted by atomic mass is 32.1. The minimum atomic E-state index is -0.639. The van der Waals surface area contributed by atoms with Crippen molar-refractivity contribution in [2.45, 2.75) is 19.4 Å². The molecule has 1 fully saturated rings. The normalized spacial score (nSPS) is 18.6. The minimum absolute atomic E-state index is 0.142. The second kappa shape index (κ2) is 9.24. The van der Waals surface area contributed by atoms with E-state index >= 15 is 0 Å². The van der Waals surface area contributed by atoms with E-state index in [1.54, 1.807) is 29.2 Å². The number of rotatable bonds is 8. The Hall–Kier alpha value is -2.64. The molecule has 29 heavy (non-hydrogen) atoms. The number of ether oxygens (including phenoxy) is 1. The topological polar surface area (TPSA) is 71.3 Å². The molecule has 6 nitrogen and oxygen atoms in total. The van der Waals surface area contributed by atoms with Gasteiger partial charge in [-0.1, -0.05) is 18.2 Å². The van der Waals surface area contributed by atoms with Gasteiger partial charge in [0.15, 0.2) is 0 Å². The molecular formula is C22H27N2O4S+. The van der Waals surface area contributed by atoms with Crippen LogP contribution in [-0.4, -0.2) is 55.5 Å². The first kappa shape index (κ1) is 21.1. The lowest BCUT2D eigenvalue weighted by molar-refractivity contribution is -0.858. The first-order chi connectivity index (χ1) is 13.9. The van der Waals surface area contributed by atoms with Crippen LogP contribution in [0.5, 0.6) is 5.75 Å². The third-order valence-corrected chi connectivity index (χ3v) is 5.77. The van der Waals surface area contributed by atoms with Crippen molar-refractivity contribution >= 4 is 28.8 Å². The summed E-state index contributed by atoms with van der Waals surface area (Å²) in [5.41, 5.74) is 0.608. The SMILES string of the molecule is CCOc1cccc(C(O)=C2C(=O)C(=O)N(CCC[NH+](C)C)[C@@H]2c2cccs2)c1. The van der Waals surface area contributed by atoms with E-state index in [0.29, 0.717) is 24.5 Å². The number of hydrogen-bond donors (Lipinski definition) is 2. The molecule has 2 N–H and O–H groups in total. The highest BCUT2D eigenvalue weighted by Gasteiger charge is 2.46. The Morgan fingerprint density at radius 3 is 2.69 bits per heavy atom. The van der Waals surface area contributed by atoms with E-state index in [2.05, 4.69) is 14.1 Å². The number of hydrogen-bond acceptors (Lipinski definition) is 5. The van der Waals surface area contributed by atoms with Crippen molar-refractivity contribution in [1.82, 2.24) is 4.90 Å². The standard InChI is InChI=1S/C22H26N2O4S/c1-4-28-16-9-5-8-15(14-16)20(25)18-19(17-10-6-13-29-17)24(22(27)21(18)26)12-7-11-23(2)3/h5-6,8-10,13-14,19,25H,4,7,11-12H2,1-3H3/p+1/t19-/m1/s1. The molecule has 2 aromatic rings. The Balaban J connectivity index is 2.03. The van der Waals surface area contributed by atoms with Crippen LogP contribution in [-0.2, 0) is 9.59 Å². The van der Waals surface area contributed by atoms with Gasteiger partial charge in [-0.05, 0) is 30.5 Å². The average Bonchev–Trinajstić information content (AvgIpc) is 3.30. The summed E-state index contributed by atoms with van der Waals surface area (Å²) in [6.07, 6.45) is 0.775. The summed E-state index contributed by atoms with van der Waals surface area (Å²) >= 11 is 1.47. The fraction of sp³-hybridized carbons (Fsp3) is 0.364. The number of aliphatic hydroxyl groups is 1. The molecular weight excluding hydrogens is 388 g/mol. The van der Waals surface area contributed by atoms with Crippen molar-refractivity contribution in [3.05, 3.63) is 57.8 Å². The summed E-state index contributed by atoms with van der Waals surface area (Å²) in [7, 11) is 4.10. The Morgan fingerprint density at radius 2 is 2.03 bits per heavy atom. The molecule has 1 aromatic heterocycles. The van der Waals surface area contributed by atoms with E-state index in [1.807, 2.05) is 24.4 Å². The number of thiophene rings is 1. The Bertz CT molecular complexity index is 905. The number of nitrogens with one attached hydrogen (secondary N) is 1. The number of amides is 1. The molecule has 0 bridgehead atoms. The molecule has 7 heteroatoms. The zero-order valence-corrected chi connectivity index (χ0v) is 17.8. The Kier molecular flexibility index (Phi) is 6.71. The largest absolute Gasteiger partial charge is 0.507 e. The summed E-state index contributed by atoms with van der Waals surface area (Å²) in [5, 5.41) is 12.9. The number of benzene rings is 1. The molecule has 0 radical (unpaired) electrons. The van der Waals surface area contributed by atoms with Crippen molar-refractivity contribution in [2.24, 2.45) is 0 Å². The molecule has 154 valence electrons. The maximum Gasteiger partial charge on any atom is 0.295 e. The molecule has 1 aliphatic rings. The number of carbonyl (C=O) groups is 2. The molecule has 0 aliphatic carbocycles. The van der Waals surface area contributed by atoms with Gasteiger partial charge < -0.3 is 19.6 Å². The monoisotopic (exact) mass is 415 g/mol. The van der Waals surface area contributed by atoms with Gasteiger partial charge in [0.2, 0.25) is 0 Å². The average molecular weight is 416 g/mol. The molecule has 3 rings (SSSR count). The number of nitrogens with zero attached hydrogens (tertiary/aromatic N) is 1. The molecule has 1 aliphatic heterocycles. The molecule has 2 heterocycles. The van der Waals surface area contributed by atoms with Gasteiger partial charge in [0.1, 0.15) is 11.5 Å². The predicted molar refractivity (Wildman–Crippen MR) is 113 cm³/mol. The van der Waals surface area contributed by atoms with E-state index in [4.69, 9.17) is 4.74 Å². The van der Waals surface area contributed by atoms with Crippen LogP contribution in [0.15, 0.2) is 47.4 Å². The Morgan fingerprint density at radius 1 is 1.24 bits per heavy atom. The van der Waals surface area contributed by atoms with E-state index in [9.17, 15) is 14.7 Å². The number of ketones is 1. The van der Waals surface area contributed by atoms with Crippen molar-refractivity contribution in [3.63, 3.8) is 0 Å². The van der Waals surface area contributed by atoms with Crippen LogP contribution in [0.2, 0.25) is 0 Å². The quantitative estimate of drug-likeness (QED) is 0.394. The van der Waals surface area contributed by atoms with Crippen LogP contribution in [0, 0.1) is 0 Å². The third kappa shape index (κ3) is 4.52. The molecule has 1 atom stereocenters. The van der Waals surface area contributed by atoms with Crippen LogP contribution in [0.1, 0.15) is 29.8 Å². The zero-order valence-electron chi connectivity index (χ0n) is 17.0. The number of likely N-dealkylation sites (tertiary alicyclic amines) is 1. The lowest BCUT2D eigenvalue weighted by Gasteiger charge is -2.24. The van der Waals surface area contributed by atoms with Gasteiger partial charge in [-0.15, -0.1) is 11.3 Å². The van der Waals surface area contributed by atoms with Crippen molar-refractivity contribution in [1.29, 1.82) is 0 Å². The van der Waals surface area contributed by atoms with Crippen LogP contribution < -0.4 is 9.64 Å². The maximum atomic E-state index is 12.9. The molecule has 0 spiro atoms. The number of Topliss-reactive ketones (excluding diaryl/α,β-unsaturated/α-hetero) is 1. The van der Waals surface area contributed by atoms with Gasteiger partial charge in [-0.2, -0.15) is 0 Å². The first-order valence-electron chi connectivity index (χ1n) is 9.78.